The molecular formula is C7H13N3OS. The Labute approximate surface area is 75.6 Å². The summed E-state index contributed by atoms with van der Waals surface area (Å²) in [5.41, 5.74) is 6.23. The number of hydrogen-bond donors (Lipinski definition) is 2. The summed E-state index contributed by atoms with van der Waals surface area (Å²) in [6.45, 7) is 4.22. The van der Waals surface area contributed by atoms with Gasteiger partial charge in [-0.05, 0) is 30.9 Å². The number of aryl methyl sites for hydroxylation is 1. The fourth-order valence-corrected chi connectivity index (χ4v) is 1.66. The zero-order chi connectivity index (χ0) is 9.14. The maximum Gasteiger partial charge on any atom is 0.0954 e. The van der Waals surface area contributed by atoms with Gasteiger partial charge in [0.2, 0.25) is 0 Å². The molecule has 1 heterocycles. The first-order valence-electron chi connectivity index (χ1n) is 3.83. The van der Waals surface area contributed by atoms with E-state index in [0.29, 0.717) is 6.54 Å². The predicted molar refractivity (Wildman–Crippen MR) is 47.8 cm³/mol. The molecular weight excluding hydrogens is 174 g/mol. The van der Waals surface area contributed by atoms with Crippen molar-refractivity contribution in [3.05, 3.63) is 10.6 Å². The Kier molecular flexibility index (Phi) is 3.13. The van der Waals surface area contributed by atoms with Crippen LogP contribution in [-0.4, -0.2) is 21.2 Å². The standard InChI is InChI=1S/C7H13N3OS/c1-4(3-8)6(11)7-5(2)9-10-12-7/h4,6,11H,3,8H2,1-2H3. The second kappa shape index (κ2) is 3.93. The van der Waals surface area contributed by atoms with Crippen molar-refractivity contribution >= 4 is 11.5 Å². The first-order valence-corrected chi connectivity index (χ1v) is 4.61. The highest BCUT2D eigenvalue weighted by molar-refractivity contribution is 7.05. The monoisotopic (exact) mass is 187 g/mol. The average Bonchev–Trinajstić information content (AvgIpc) is 2.48. The molecule has 1 rings (SSSR count). The van der Waals surface area contributed by atoms with Gasteiger partial charge >= 0.3 is 0 Å². The highest BCUT2D eigenvalue weighted by atomic mass is 32.1. The third-order valence-corrected chi connectivity index (χ3v) is 2.76. The zero-order valence-corrected chi connectivity index (χ0v) is 8.01. The molecule has 0 aliphatic heterocycles. The molecule has 0 fully saturated rings. The molecule has 0 radical (unpaired) electrons. The Morgan fingerprint density at radius 3 is 2.75 bits per heavy atom. The van der Waals surface area contributed by atoms with E-state index in [1.165, 1.54) is 11.5 Å². The van der Waals surface area contributed by atoms with Gasteiger partial charge in [0, 0.05) is 0 Å². The van der Waals surface area contributed by atoms with E-state index in [0.717, 1.165) is 10.6 Å². The smallest absolute Gasteiger partial charge is 0.0954 e. The van der Waals surface area contributed by atoms with Gasteiger partial charge < -0.3 is 10.8 Å². The summed E-state index contributed by atoms with van der Waals surface area (Å²) in [5, 5.41) is 13.5. The van der Waals surface area contributed by atoms with Crippen LogP contribution >= 0.6 is 11.5 Å². The van der Waals surface area contributed by atoms with E-state index in [1.807, 2.05) is 13.8 Å². The fraction of sp³-hybridized carbons (Fsp3) is 0.714. The SMILES string of the molecule is Cc1nnsc1C(O)C(C)CN. The van der Waals surface area contributed by atoms with E-state index in [4.69, 9.17) is 5.73 Å². The average molecular weight is 187 g/mol. The molecule has 1 aromatic heterocycles. The Bertz CT molecular complexity index is 251. The summed E-state index contributed by atoms with van der Waals surface area (Å²) in [6, 6.07) is 0. The number of hydrogen-bond acceptors (Lipinski definition) is 5. The quantitative estimate of drug-likeness (QED) is 0.721. The van der Waals surface area contributed by atoms with Gasteiger partial charge in [0.05, 0.1) is 16.7 Å². The van der Waals surface area contributed by atoms with Crippen LogP contribution in [0.15, 0.2) is 0 Å². The molecule has 0 bridgehead atoms. The van der Waals surface area contributed by atoms with Gasteiger partial charge in [-0.1, -0.05) is 11.4 Å². The third kappa shape index (κ3) is 1.80. The second-order valence-electron chi connectivity index (χ2n) is 2.88. The maximum atomic E-state index is 9.71. The van der Waals surface area contributed by atoms with E-state index in [9.17, 15) is 5.11 Å². The van der Waals surface area contributed by atoms with Crippen molar-refractivity contribution in [3.63, 3.8) is 0 Å². The van der Waals surface area contributed by atoms with Crippen LogP contribution in [0.25, 0.3) is 0 Å². The van der Waals surface area contributed by atoms with Gasteiger partial charge in [-0.25, -0.2) is 0 Å². The second-order valence-corrected chi connectivity index (χ2v) is 3.67. The van der Waals surface area contributed by atoms with E-state index in [2.05, 4.69) is 9.59 Å². The minimum Gasteiger partial charge on any atom is -0.387 e. The highest BCUT2D eigenvalue weighted by Crippen LogP contribution is 2.25. The number of nitrogens with zero attached hydrogens (tertiary/aromatic N) is 2. The summed E-state index contributed by atoms with van der Waals surface area (Å²) in [6.07, 6.45) is -0.519. The topological polar surface area (TPSA) is 72.0 Å². The molecule has 0 aliphatic carbocycles. The summed E-state index contributed by atoms with van der Waals surface area (Å²) in [7, 11) is 0. The molecule has 5 heteroatoms. The van der Waals surface area contributed by atoms with Crippen molar-refractivity contribution in [2.45, 2.75) is 20.0 Å². The molecule has 0 spiro atoms. The zero-order valence-electron chi connectivity index (χ0n) is 7.19. The van der Waals surface area contributed by atoms with E-state index in [-0.39, 0.29) is 5.92 Å². The van der Waals surface area contributed by atoms with Crippen LogP contribution < -0.4 is 5.73 Å². The Morgan fingerprint density at radius 1 is 1.67 bits per heavy atom. The van der Waals surface area contributed by atoms with Crippen LogP contribution in [0.3, 0.4) is 0 Å². The van der Waals surface area contributed by atoms with Gasteiger partial charge in [-0.2, -0.15) is 0 Å². The number of aliphatic hydroxyl groups is 1. The van der Waals surface area contributed by atoms with Gasteiger partial charge in [0.25, 0.3) is 0 Å². The van der Waals surface area contributed by atoms with E-state index in [1.54, 1.807) is 0 Å². The van der Waals surface area contributed by atoms with Gasteiger partial charge in [0.1, 0.15) is 0 Å². The first kappa shape index (κ1) is 9.57. The van der Waals surface area contributed by atoms with E-state index >= 15 is 0 Å². The molecule has 0 amide bonds. The summed E-state index contributed by atoms with van der Waals surface area (Å²) < 4.78 is 3.75. The molecule has 68 valence electrons. The molecule has 3 N–H and O–H groups in total. The predicted octanol–water partition coefficient (Wildman–Crippen LogP) is 0.475. The highest BCUT2D eigenvalue weighted by Gasteiger charge is 2.19. The van der Waals surface area contributed by atoms with Crippen molar-refractivity contribution in [2.75, 3.05) is 6.54 Å². The molecule has 0 saturated heterocycles. The normalized spacial score (nSPS) is 16.0. The summed E-state index contributed by atoms with van der Waals surface area (Å²) in [4.78, 5) is 0.827. The summed E-state index contributed by atoms with van der Waals surface area (Å²) in [5.74, 6) is 0.0611. The lowest BCUT2D eigenvalue weighted by atomic mass is 10.0. The number of rotatable bonds is 3. The molecule has 0 aromatic carbocycles. The van der Waals surface area contributed by atoms with Crippen LogP contribution in [0, 0.1) is 12.8 Å². The Balaban J connectivity index is 2.77. The number of aromatic nitrogens is 2. The van der Waals surface area contributed by atoms with Crippen molar-refractivity contribution in [1.29, 1.82) is 0 Å². The van der Waals surface area contributed by atoms with Crippen LogP contribution in [0.1, 0.15) is 23.6 Å². The van der Waals surface area contributed by atoms with E-state index < -0.39 is 6.10 Å². The molecule has 2 unspecified atom stereocenters. The van der Waals surface area contributed by atoms with Crippen LogP contribution in [-0.2, 0) is 0 Å². The minimum atomic E-state index is -0.519. The van der Waals surface area contributed by atoms with Gasteiger partial charge in [-0.3, -0.25) is 0 Å². The Hall–Kier alpha value is -0.520. The van der Waals surface area contributed by atoms with Crippen LogP contribution in [0.2, 0.25) is 0 Å². The molecule has 2 atom stereocenters. The fourth-order valence-electron chi connectivity index (χ4n) is 0.896. The lowest BCUT2D eigenvalue weighted by Crippen LogP contribution is -2.18. The van der Waals surface area contributed by atoms with Crippen LogP contribution in [0.4, 0.5) is 0 Å². The third-order valence-electron chi connectivity index (χ3n) is 1.87. The van der Waals surface area contributed by atoms with Crippen LogP contribution in [0.5, 0.6) is 0 Å². The van der Waals surface area contributed by atoms with Crippen molar-refractivity contribution in [2.24, 2.45) is 11.7 Å². The molecule has 1 aromatic rings. The molecule has 4 nitrogen and oxygen atoms in total. The Morgan fingerprint density at radius 2 is 2.33 bits per heavy atom. The summed E-state index contributed by atoms with van der Waals surface area (Å²) >= 11 is 1.23. The van der Waals surface area contributed by atoms with Crippen molar-refractivity contribution in [1.82, 2.24) is 9.59 Å². The lowest BCUT2D eigenvalue weighted by molar-refractivity contribution is 0.124. The van der Waals surface area contributed by atoms with Crippen molar-refractivity contribution in [3.8, 4) is 0 Å². The number of aliphatic hydroxyl groups excluding tert-OH is 1. The maximum absolute atomic E-state index is 9.71. The number of nitrogens with two attached hydrogens (primary N) is 1. The van der Waals surface area contributed by atoms with Crippen molar-refractivity contribution < 1.29 is 5.11 Å². The lowest BCUT2D eigenvalue weighted by Gasteiger charge is -2.14. The van der Waals surface area contributed by atoms with Gasteiger partial charge in [0.15, 0.2) is 0 Å². The molecule has 0 saturated carbocycles. The van der Waals surface area contributed by atoms with Gasteiger partial charge in [-0.15, -0.1) is 5.10 Å². The minimum absolute atomic E-state index is 0.0611. The molecule has 0 aliphatic rings. The molecule has 12 heavy (non-hydrogen) atoms. The first-order chi connectivity index (χ1) is 5.66. The largest absolute Gasteiger partial charge is 0.387 e.